The monoisotopic (exact) mass is 314 g/mol. The molecule has 1 aliphatic heterocycles. The SMILES string of the molecule is CC(C)C[C@@H](C(=O)O)N1CC(Oc2cccc(C#N)c2)=CC1=O. The van der Waals surface area contributed by atoms with E-state index in [1.807, 2.05) is 19.9 Å². The van der Waals surface area contributed by atoms with Gasteiger partial charge in [-0.25, -0.2) is 4.79 Å². The van der Waals surface area contributed by atoms with Crippen LogP contribution in [0.15, 0.2) is 36.1 Å². The van der Waals surface area contributed by atoms with Crippen molar-refractivity contribution in [3.63, 3.8) is 0 Å². The zero-order valence-corrected chi connectivity index (χ0v) is 13.0. The van der Waals surface area contributed by atoms with Gasteiger partial charge in [0.15, 0.2) is 0 Å². The maximum atomic E-state index is 12.1. The fraction of sp³-hybridized carbons (Fsp3) is 0.353. The summed E-state index contributed by atoms with van der Waals surface area (Å²) in [6.07, 6.45) is 1.68. The molecule has 0 aromatic heterocycles. The van der Waals surface area contributed by atoms with Crippen molar-refractivity contribution < 1.29 is 19.4 Å². The first kappa shape index (κ1) is 16.6. The number of hydrogen-bond acceptors (Lipinski definition) is 4. The summed E-state index contributed by atoms with van der Waals surface area (Å²) in [4.78, 5) is 24.8. The van der Waals surface area contributed by atoms with E-state index in [9.17, 15) is 14.7 Å². The van der Waals surface area contributed by atoms with Crippen molar-refractivity contribution in [1.82, 2.24) is 4.90 Å². The number of amides is 1. The van der Waals surface area contributed by atoms with Gasteiger partial charge in [0.05, 0.1) is 18.2 Å². The second kappa shape index (κ2) is 6.97. The van der Waals surface area contributed by atoms with Gasteiger partial charge in [0.1, 0.15) is 17.6 Å². The molecule has 120 valence electrons. The number of nitrogens with zero attached hydrogens (tertiary/aromatic N) is 2. The molecular formula is C17H18N2O4. The maximum Gasteiger partial charge on any atom is 0.326 e. The summed E-state index contributed by atoms with van der Waals surface area (Å²) in [5, 5.41) is 18.2. The molecule has 0 saturated carbocycles. The maximum absolute atomic E-state index is 12.1. The Morgan fingerprint density at radius 2 is 2.22 bits per heavy atom. The second-order valence-corrected chi connectivity index (χ2v) is 5.80. The molecular weight excluding hydrogens is 296 g/mol. The third-order valence-electron chi connectivity index (χ3n) is 3.46. The molecule has 0 fully saturated rings. The van der Waals surface area contributed by atoms with Gasteiger partial charge in [-0.15, -0.1) is 0 Å². The first-order valence-corrected chi connectivity index (χ1v) is 7.32. The Hall–Kier alpha value is -2.81. The molecule has 0 unspecified atom stereocenters. The van der Waals surface area contributed by atoms with E-state index >= 15 is 0 Å². The number of carboxylic acid groups (broad SMARTS) is 1. The van der Waals surface area contributed by atoms with Crippen LogP contribution in [0.25, 0.3) is 0 Å². The first-order chi connectivity index (χ1) is 10.9. The van der Waals surface area contributed by atoms with Crippen LogP contribution in [-0.2, 0) is 9.59 Å². The van der Waals surface area contributed by atoms with Crippen molar-refractivity contribution in [1.29, 1.82) is 5.26 Å². The molecule has 0 radical (unpaired) electrons. The highest BCUT2D eigenvalue weighted by Gasteiger charge is 2.34. The van der Waals surface area contributed by atoms with Crippen molar-refractivity contribution in [2.45, 2.75) is 26.3 Å². The zero-order chi connectivity index (χ0) is 17.0. The van der Waals surface area contributed by atoms with E-state index in [0.717, 1.165) is 0 Å². The van der Waals surface area contributed by atoms with Crippen molar-refractivity contribution in [3.05, 3.63) is 41.7 Å². The van der Waals surface area contributed by atoms with Crippen molar-refractivity contribution in [2.24, 2.45) is 5.92 Å². The van der Waals surface area contributed by atoms with Gasteiger partial charge in [-0.3, -0.25) is 4.79 Å². The number of aliphatic carboxylic acids is 1. The fourth-order valence-corrected chi connectivity index (χ4v) is 2.43. The number of carbonyl (C=O) groups is 2. The minimum Gasteiger partial charge on any atom is -0.480 e. The van der Waals surface area contributed by atoms with Crippen LogP contribution in [0.2, 0.25) is 0 Å². The molecule has 2 rings (SSSR count). The predicted molar refractivity (Wildman–Crippen MR) is 82.5 cm³/mol. The summed E-state index contributed by atoms with van der Waals surface area (Å²) >= 11 is 0. The molecule has 6 nitrogen and oxygen atoms in total. The van der Waals surface area contributed by atoms with Gasteiger partial charge in [-0.05, 0) is 30.5 Å². The standard InChI is InChI=1S/C17H18N2O4/c1-11(2)6-15(17(21)22)19-10-14(8-16(19)20)23-13-5-3-4-12(7-13)9-18/h3-5,7-8,11,15H,6,10H2,1-2H3,(H,21,22)/t15-/m0/s1. The molecule has 1 aliphatic rings. The number of benzene rings is 1. The van der Waals surface area contributed by atoms with Crippen LogP contribution in [0, 0.1) is 17.2 Å². The molecule has 0 aliphatic carbocycles. The summed E-state index contributed by atoms with van der Waals surface area (Å²) in [5.41, 5.74) is 0.451. The highest BCUT2D eigenvalue weighted by Crippen LogP contribution is 2.23. The van der Waals surface area contributed by atoms with Crippen LogP contribution in [0.3, 0.4) is 0 Å². The average molecular weight is 314 g/mol. The van der Waals surface area contributed by atoms with Crippen molar-refractivity contribution in [2.75, 3.05) is 6.54 Å². The first-order valence-electron chi connectivity index (χ1n) is 7.32. The van der Waals surface area contributed by atoms with Crippen LogP contribution in [0.1, 0.15) is 25.8 Å². The smallest absolute Gasteiger partial charge is 0.326 e. The second-order valence-electron chi connectivity index (χ2n) is 5.80. The average Bonchev–Trinajstić information content (AvgIpc) is 2.84. The summed E-state index contributed by atoms with van der Waals surface area (Å²) in [5.74, 6) is -0.417. The lowest BCUT2D eigenvalue weighted by Gasteiger charge is -2.25. The van der Waals surface area contributed by atoms with Crippen LogP contribution in [0.5, 0.6) is 5.75 Å². The Balaban J connectivity index is 2.10. The van der Waals surface area contributed by atoms with E-state index in [-0.39, 0.29) is 18.4 Å². The van der Waals surface area contributed by atoms with Crippen molar-refractivity contribution >= 4 is 11.9 Å². The van der Waals surface area contributed by atoms with E-state index in [2.05, 4.69) is 0 Å². The van der Waals surface area contributed by atoms with Gasteiger partial charge in [-0.2, -0.15) is 5.26 Å². The van der Waals surface area contributed by atoms with E-state index in [0.29, 0.717) is 23.5 Å². The van der Waals surface area contributed by atoms with E-state index in [4.69, 9.17) is 10.00 Å². The molecule has 0 saturated heterocycles. The zero-order valence-electron chi connectivity index (χ0n) is 13.0. The van der Waals surface area contributed by atoms with Crippen LogP contribution < -0.4 is 4.74 Å². The number of nitriles is 1. The van der Waals surface area contributed by atoms with Gasteiger partial charge >= 0.3 is 5.97 Å². The van der Waals surface area contributed by atoms with Gasteiger partial charge in [0.2, 0.25) is 0 Å². The number of carbonyl (C=O) groups excluding carboxylic acids is 1. The molecule has 1 aromatic rings. The Morgan fingerprint density at radius 3 is 2.83 bits per heavy atom. The molecule has 1 heterocycles. The minimum atomic E-state index is -1.02. The third-order valence-corrected chi connectivity index (χ3v) is 3.46. The summed E-state index contributed by atoms with van der Waals surface area (Å²) < 4.78 is 5.61. The molecule has 1 N–H and O–H groups in total. The minimum absolute atomic E-state index is 0.110. The number of carboxylic acids is 1. The van der Waals surface area contributed by atoms with E-state index in [1.165, 1.54) is 11.0 Å². The normalized spacial score (nSPS) is 15.3. The largest absolute Gasteiger partial charge is 0.480 e. The Bertz CT molecular complexity index is 688. The predicted octanol–water partition coefficient (Wildman–Crippen LogP) is 2.16. The quantitative estimate of drug-likeness (QED) is 0.869. The Morgan fingerprint density at radius 1 is 1.48 bits per heavy atom. The summed E-state index contributed by atoms with van der Waals surface area (Å²) in [6.45, 7) is 3.93. The highest BCUT2D eigenvalue weighted by atomic mass is 16.5. The fourth-order valence-electron chi connectivity index (χ4n) is 2.43. The third kappa shape index (κ3) is 4.10. The number of rotatable bonds is 6. The van der Waals surface area contributed by atoms with Gasteiger partial charge in [0, 0.05) is 6.08 Å². The number of ether oxygens (including phenoxy) is 1. The van der Waals surface area contributed by atoms with Gasteiger partial charge < -0.3 is 14.7 Å². The lowest BCUT2D eigenvalue weighted by molar-refractivity contribution is -0.148. The van der Waals surface area contributed by atoms with Crippen LogP contribution in [-0.4, -0.2) is 34.5 Å². The van der Waals surface area contributed by atoms with Crippen LogP contribution >= 0.6 is 0 Å². The Labute approximate surface area is 134 Å². The lowest BCUT2D eigenvalue weighted by Crippen LogP contribution is -2.43. The van der Waals surface area contributed by atoms with Crippen LogP contribution in [0.4, 0.5) is 0 Å². The molecule has 1 atom stereocenters. The molecule has 23 heavy (non-hydrogen) atoms. The molecule has 6 heteroatoms. The highest BCUT2D eigenvalue weighted by molar-refractivity contribution is 5.94. The van der Waals surface area contributed by atoms with E-state index in [1.54, 1.807) is 24.3 Å². The topological polar surface area (TPSA) is 90.6 Å². The van der Waals surface area contributed by atoms with E-state index < -0.39 is 12.0 Å². The summed E-state index contributed by atoms with van der Waals surface area (Å²) in [7, 11) is 0. The molecule has 0 bridgehead atoms. The van der Waals surface area contributed by atoms with Gasteiger partial charge in [0.25, 0.3) is 5.91 Å². The number of hydrogen-bond donors (Lipinski definition) is 1. The molecule has 0 spiro atoms. The molecule has 1 aromatic carbocycles. The van der Waals surface area contributed by atoms with Gasteiger partial charge in [-0.1, -0.05) is 19.9 Å². The molecule has 1 amide bonds. The lowest BCUT2D eigenvalue weighted by atomic mass is 10.0. The summed E-state index contributed by atoms with van der Waals surface area (Å²) in [6, 6.07) is 7.72. The van der Waals surface area contributed by atoms with Crippen molar-refractivity contribution in [3.8, 4) is 11.8 Å². The Kier molecular flexibility index (Phi) is 5.02.